The Morgan fingerprint density at radius 2 is 2.03 bits per heavy atom. The third kappa shape index (κ3) is 5.13. The van der Waals surface area contributed by atoms with Crippen LogP contribution in [0.1, 0.15) is 38.8 Å². The van der Waals surface area contributed by atoms with Gasteiger partial charge in [0.2, 0.25) is 5.91 Å². The van der Waals surface area contributed by atoms with E-state index in [0.29, 0.717) is 41.0 Å². The van der Waals surface area contributed by atoms with Crippen LogP contribution in [0.25, 0.3) is 0 Å². The minimum atomic E-state index is -0.747. The molecule has 10 heteroatoms. The van der Waals surface area contributed by atoms with Gasteiger partial charge in [0.1, 0.15) is 6.61 Å². The molecule has 0 radical (unpaired) electrons. The summed E-state index contributed by atoms with van der Waals surface area (Å²) in [6, 6.07) is 4.23. The first-order valence-corrected chi connectivity index (χ1v) is 11.2. The molecule has 32 heavy (non-hydrogen) atoms. The van der Waals surface area contributed by atoms with Crippen molar-refractivity contribution in [3.8, 4) is 11.5 Å². The second-order valence-corrected chi connectivity index (χ2v) is 8.08. The molecule has 1 fully saturated rings. The van der Waals surface area contributed by atoms with Crippen molar-refractivity contribution in [3.05, 3.63) is 35.0 Å². The molecular formula is C22H26N2O7S. The van der Waals surface area contributed by atoms with Crippen molar-refractivity contribution in [2.75, 3.05) is 32.7 Å². The lowest BCUT2D eigenvalue weighted by Gasteiger charge is -2.39. The van der Waals surface area contributed by atoms with E-state index in [1.165, 1.54) is 30.7 Å². The summed E-state index contributed by atoms with van der Waals surface area (Å²) in [6.07, 6.45) is 0.328. The molecule has 1 saturated heterocycles. The first-order valence-electron chi connectivity index (χ1n) is 10.2. The zero-order valence-corrected chi connectivity index (χ0v) is 19.3. The minimum absolute atomic E-state index is 0.0771. The number of carbonyl (C=O) groups excluding carboxylic acids is 3. The van der Waals surface area contributed by atoms with Crippen LogP contribution in [0, 0.1) is 0 Å². The second kappa shape index (κ2) is 10.6. The van der Waals surface area contributed by atoms with Crippen molar-refractivity contribution in [2.24, 2.45) is 4.99 Å². The predicted octanol–water partition coefficient (Wildman–Crippen LogP) is 2.85. The SMILES string of the molecule is CCOc1cc([C@H]2C(C(=O)OCCOC)=C(C)N=C3SCCC(=O)N32)ccc1OC(C)=O. The average Bonchev–Trinajstić information content (AvgIpc) is 2.74. The number of aliphatic imine (C=N–C) groups is 1. The number of allylic oxidation sites excluding steroid dienone is 1. The first kappa shape index (κ1) is 23.8. The number of hydrogen-bond donors (Lipinski definition) is 0. The lowest BCUT2D eigenvalue weighted by molar-refractivity contribution is -0.141. The van der Waals surface area contributed by atoms with E-state index in [0.717, 1.165) is 0 Å². The summed E-state index contributed by atoms with van der Waals surface area (Å²) >= 11 is 1.46. The molecule has 2 heterocycles. The Hall–Kier alpha value is -2.85. The van der Waals surface area contributed by atoms with Crippen LogP contribution in [-0.4, -0.2) is 60.6 Å². The molecule has 2 aliphatic rings. The molecule has 1 aromatic carbocycles. The lowest BCUT2D eigenvalue weighted by Crippen LogP contribution is -2.45. The van der Waals surface area contributed by atoms with Gasteiger partial charge in [-0.1, -0.05) is 17.8 Å². The number of methoxy groups -OCH3 is 1. The van der Waals surface area contributed by atoms with E-state index in [2.05, 4.69) is 4.99 Å². The van der Waals surface area contributed by atoms with Crippen LogP contribution < -0.4 is 9.47 Å². The van der Waals surface area contributed by atoms with Gasteiger partial charge >= 0.3 is 11.9 Å². The lowest BCUT2D eigenvalue weighted by atomic mass is 9.93. The van der Waals surface area contributed by atoms with E-state index in [4.69, 9.17) is 18.9 Å². The molecular weight excluding hydrogens is 436 g/mol. The largest absolute Gasteiger partial charge is 0.490 e. The molecule has 172 valence electrons. The standard InChI is InChI=1S/C22H26N2O7S/c1-5-29-17-12-15(6-7-16(17)31-14(3)25)20-19(21(27)30-10-9-28-4)13(2)23-22-24(20)18(26)8-11-32-22/h6-7,12,20H,5,8-11H2,1-4H3/t20-/m0/s1. The molecule has 1 atom stereocenters. The van der Waals surface area contributed by atoms with Crippen LogP contribution in [-0.2, 0) is 23.9 Å². The maximum Gasteiger partial charge on any atom is 0.338 e. The van der Waals surface area contributed by atoms with Crippen LogP contribution in [0.2, 0.25) is 0 Å². The summed E-state index contributed by atoms with van der Waals surface area (Å²) in [5.41, 5.74) is 1.36. The maximum atomic E-state index is 13.0. The number of amides is 1. The zero-order chi connectivity index (χ0) is 23.3. The summed E-state index contributed by atoms with van der Waals surface area (Å²) in [4.78, 5) is 43.4. The van der Waals surface area contributed by atoms with Gasteiger partial charge in [-0.05, 0) is 31.5 Å². The van der Waals surface area contributed by atoms with Gasteiger partial charge in [0.25, 0.3) is 0 Å². The van der Waals surface area contributed by atoms with Crippen molar-refractivity contribution >= 4 is 34.8 Å². The number of benzene rings is 1. The fourth-order valence-corrected chi connectivity index (χ4v) is 4.48. The van der Waals surface area contributed by atoms with E-state index in [-0.39, 0.29) is 30.4 Å². The Morgan fingerprint density at radius 1 is 1.25 bits per heavy atom. The Balaban J connectivity index is 2.09. The van der Waals surface area contributed by atoms with Crippen molar-refractivity contribution < 1.29 is 33.3 Å². The van der Waals surface area contributed by atoms with Crippen LogP contribution in [0.3, 0.4) is 0 Å². The highest BCUT2D eigenvalue weighted by molar-refractivity contribution is 8.14. The summed E-state index contributed by atoms with van der Waals surface area (Å²) in [6.45, 7) is 5.50. The number of nitrogens with zero attached hydrogens (tertiary/aromatic N) is 2. The molecule has 0 N–H and O–H groups in total. The van der Waals surface area contributed by atoms with Crippen molar-refractivity contribution in [1.82, 2.24) is 4.90 Å². The molecule has 0 unspecified atom stereocenters. The summed E-state index contributed by atoms with van der Waals surface area (Å²) < 4.78 is 21.2. The third-order valence-corrected chi connectivity index (χ3v) is 5.74. The Morgan fingerprint density at radius 3 is 2.72 bits per heavy atom. The molecule has 2 aliphatic heterocycles. The highest BCUT2D eigenvalue weighted by Gasteiger charge is 2.42. The van der Waals surface area contributed by atoms with E-state index in [1.54, 1.807) is 25.1 Å². The monoisotopic (exact) mass is 462 g/mol. The van der Waals surface area contributed by atoms with Gasteiger partial charge in [0, 0.05) is 26.2 Å². The fraction of sp³-hybridized carbons (Fsp3) is 0.455. The zero-order valence-electron chi connectivity index (χ0n) is 18.5. The maximum absolute atomic E-state index is 13.0. The van der Waals surface area contributed by atoms with Gasteiger partial charge in [-0.3, -0.25) is 14.5 Å². The molecule has 1 amide bonds. The van der Waals surface area contributed by atoms with Crippen LogP contribution in [0.5, 0.6) is 11.5 Å². The van der Waals surface area contributed by atoms with Crippen molar-refractivity contribution in [3.63, 3.8) is 0 Å². The van der Waals surface area contributed by atoms with Crippen molar-refractivity contribution in [1.29, 1.82) is 0 Å². The van der Waals surface area contributed by atoms with Gasteiger partial charge in [0.15, 0.2) is 16.7 Å². The highest BCUT2D eigenvalue weighted by Crippen LogP contribution is 2.42. The van der Waals surface area contributed by atoms with Gasteiger partial charge in [-0.15, -0.1) is 0 Å². The number of fused-ring (bicyclic) bond motifs is 1. The number of hydrogen-bond acceptors (Lipinski definition) is 9. The smallest absolute Gasteiger partial charge is 0.338 e. The van der Waals surface area contributed by atoms with Crippen molar-refractivity contribution in [2.45, 2.75) is 33.2 Å². The number of ether oxygens (including phenoxy) is 4. The summed E-state index contributed by atoms with van der Waals surface area (Å²) in [7, 11) is 1.52. The molecule has 0 spiro atoms. The number of thioether (sulfide) groups is 1. The fourth-order valence-electron chi connectivity index (χ4n) is 3.47. The molecule has 0 bridgehead atoms. The number of carbonyl (C=O) groups is 3. The van der Waals surface area contributed by atoms with Crippen LogP contribution >= 0.6 is 11.8 Å². The molecule has 1 aromatic rings. The normalized spacial score (nSPS) is 18.1. The molecule has 3 rings (SSSR count). The van der Waals surface area contributed by atoms with E-state index >= 15 is 0 Å². The summed E-state index contributed by atoms with van der Waals surface area (Å²) in [5.74, 6) is 0.0360. The van der Waals surface area contributed by atoms with Gasteiger partial charge < -0.3 is 18.9 Å². The summed E-state index contributed by atoms with van der Waals surface area (Å²) in [5, 5.41) is 0.541. The van der Waals surface area contributed by atoms with E-state index < -0.39 is 18.0 Å². The van der Waals surface area contributed by atoms with E-state index in [1.807, 2.05) is 6.92 Å². The quantitative estimate of drug-likeness (QED) is 0.330. The number of rotatable bonds is 8. The van der Waals surface area contributed by atoms with Crippen LogP contribution in [0.4, 0.5) is 0 Å². The molecule has 0 aromatic heterocycles. The first-order chi connectivity index (χ1) is 15.4. The number of amidine groups is 1. The highest BCUT2D eigenvalue weighted by atomic mass is 32.2. The number of esters is 2. The Labute approximate surface area is 190 Å². The van der Waals surface area contributed by atoms with Gasteiger partial charge in [0.05, 0.1) is 30.5 Å². The average molecular weight is 463 g/mol. The Kier molecular flexibility index (Phi) is 7.92. The molecule has 0 saturated carbocycles. The molecule has 0 aliphatic carbocycles. The second-order valence-electron chi connectivity index (χ2n) is 7.02. The third-order valence-electron chi connectivity index (χ3n) is 4.78. The van der Waals surface area contributed by atoms with Crippen LogP contribution in [0.15, 0.2) is 34.5 Å². The topological polar surface area (TPSA) is 104 Å². The van der Waals surface area contributed by atoms with E-state index in [9.17, 15) is 14.4 Å². The van der Waals surface area contributed by atoms with Gasteiger partial charge in [-0.25, -0.2) is 9.79 Å². The Bertz CT molecular complexity index is 973. The predicted molar refractivity (Wildman–Crippen MR) is 119 cm³/mol. The minimum Gasteiger partial charge on any atom is -0.490 e. The van der Waals surface area contributed by atoms with Gasteiger partial charge in [-0.2, -0.15) is 0 Å². The molecule has 9 nitrogen and oxygen atoms in total.